The van der Waals surface area contributed by atoms with E-state index >= 15 is 0 Å². The Kier molecular flexibility index (Phi) is 25.4. The molecule has 2 aliphatic rings. The number of diazo groups is 1. The summed E-state index contributed by atoms with van der Waals surface area (Å²) in [6.45, 7) is 8.11. The molecule has 0 aliphatic carbocycles. The molecule has 541 valence electrons. The summed E-state index contributed by atoms with van der Waals surface area (Å²) in [4.78, 5) is 107. The van der Waals surface area contributed by atoms with Gasteiger partial charge in [0, 0.05) is 72.7 Å². The molecule has 2 fully saturated rings. The zero-order valence-electron chi connectivity index (χ0n) is 58.0. The maximum absolute atomic E-state index is 14.8. The lowest BCUT2D eigenvalue weighted by molar-refractivity contribution is -1.08. The summed E-state index contributed by atoms with van der Waals surface area (Å²) in [6, 6.07) is 40.3. The maximum atomic E-state index is 14.8. The number of amides is 1. The highest BCUT2D eigenvalue weighted by Gasteiger charge is 2.45. The minimum Gasteiger partial charge on any atom is -0.374 e. The number of imidazole rings is 1. The van der Waals surface area contributed by atoms with E-state index in [0.717, 1.165) is 4.57 Å². The summed E-state index contributed by atoms with van der Waals surface area (Å²) in [5.41, 5.74) is 34.6. The molecule has 2 saturated heterocycles. The van der Waals surface area contributed by atoms with Crippen LogP contribution < -0.4 is 22.0 Å². The smallest absolute Gasteiger partial charge is 0.374 e. The molecule has 106 heavy (non-hydrogen) atoms. The van der Waals surface area contributed by atoms with Gasteiger partial charge in [-0.15, -0.1) is 4.62 Å². The van der Waals surface area contributed by atoms with E-state index in [4.69, 9.17) is 54.6 Å². The van der Waals surface area contributed by atoms with Crippen molar-refractivity contribution in [1.82, 2.24) is 34.1 Å². The van der Waals surface area contributed by atoms with Crippen LogP contribution in [0.3, 0.4) is 0 Å². The largest absolute Gasteiger partial charge is 0.392 e. The second-order valence-corrected chi connectivity index (χ2v) is 25.6. The number of carbonyl (C=O) groups excluding carboxylic acids is 4. The van der Waals surface area contributed by atoms with Gasteiger partial charge in [-0.1, -0.05) is 149 Å². The first-order valence-corrected chi connectivity index (χ1v) is 34.9. The molecule has 1 N–H and O–H groups in total. The van der Waals surface area contributed by atoms with Crippen molar-refractivity contribution >= 4 is 49.0 Å². The number of anilines is 1. The van der Waals surface area contributed by atoms with Gasteiger partial charge in [0.05, 0.1) is 64.6 Å². The van der Waals surface area contributed by atoms with Crippen LogP contribution in [0.15, 0.2) is 189 Å². The zero-order valence-corrected chi connectivity index (χ0v) is 58.9. The predicted octanol–water partition coefficient (Wildman–Crippen LogP) is 12.7. The topological polar surface area (TPSA) is 421 Å². The molecule has 5 heterocycles. The van der Waals surface area contributed by atoms with Crippen LogP contribution in [0.2, 0.25) is 0 Å². The lowest BCUT2D eigenvalue weighted by Crippen LogP contribution is -2.46. The van der Waals surface area contributed by atoms with Crippen molar-refractivity contribution in [3.8, 4) is 0 Å². The Balaban J connectivity index is 0.895. The molecular formula is C72H72N20O13P+2. The fraction of sp³-hybridized carbons (Fsp3) is 0.319. The third-order valence-electron chi connectivity index (χ3n) is 18.3. The van der Waals surface area contributed by atoms with Gasteiger partial charge < -0.3 is 33.3 Å². The molecule has 34 heteroatoms. The van der Waals surface area contributed by atoms with Gasteiger partial charge in [0.15, 0.2) is 35.1 Å². The van der Waals surface area contributed by atoms with Gasteiger partial charge in [-0.05, 0) is 89.8 Å². The van der Waals surface area contributed by atoms with E-state index in [1.807, 2.05) is 20.8 Å². The number of nitrogens with zero attached hydrogens (tertiary/aromatic N) is 19. The number of ether oxygens (including phenoxy) is 4. The highest BCUT2D eigenvalue weighted by Crippen LogP contribution is 2.49. The Bertz CT molecular complexity index is 5020. The minimum atomic E-state index is -2.45. The lowest BCUT2D eigenvalue weighted by atomic mass is 9.98. The van der Waals surface area contributed by atoms with Gasteiger partial charge in [0.25, 0.3) is 22.8 Å². The number of aromatic nitrogens is 6. The summed E-state index contributed by atoms with van der Waals surface area (Å²) in [5, 5.41) is 25.6. The van der Waals surface area contributed by atoms with Crippen molar-refractivity contribution in [3.63, 3.8) is 0 Å². The fourth-order valence-electron chi connectivity index (χ4n) is 12.4. The van der Waals surface area contributed by atoms with Crippen molar-refractivity contribution in [1.29, 1.82) is 5.39 Å². The van der Waals surface area contributed by atoms with Crippen LogP contribution in [0, 0.1) is 12.3 Å². The molecule has 7 atom stereocenters. The van der Waals surface area contributed by atoms with Crippen molar-refractivity contribution in [2.24, 2.45) is 15.3 Å². The standard InChI is InChI=1S/C72H71N20O13P/c1-5-92(6-2,7-3)105-106(104-59-33-62(89-38-45(4)70(96)91(72(89)98)71(97)57-23-15-11-19-53(57)37-83-88-76)102-60(59)41-99-39-46-24-28-48(29-25-46)65(93)54-20-12-8-16-50(54)34-80-85-73)101-42-61-58(100-40-47-26-30-49(31-27-47)66(94)55-21-13-9-17-51(55)35-81-86-74)32-63(103-61)90-44-79-64-67(77-43-78-68(64)90)84-69(95)56-22-14-10-18-52(56)36-82-87-75/h8-31,38,43-44,58-63H,5-7,32-37,39-42H2,1-4H3/q+1/p+1/t58-,59-,60+,61+,62+,63+,106?/m0/s1. The van der Waals surface area contributed by atoms with Gasteiger partial charge in [-0.25, -0.2) is 19.7 Å². The molecule has 3 aromatic heterocycles. The van der Waals surface area contributed by atoms with E-state index in [1.54, 1.807) is 144 Å². The number of azide groups is 3. The molecule has 1 amide bonds. The third kappa shape index (κ3) is 17.6. The highest BCUT2D eigenvalue weighted by atomic mass is 31.2. The summed E-state index contributed by atoms with van der Waals surface area (Å²) in [7, 11) is -2.45. The molecule has 33 nitrogen and oxygen atoms in total. The Morgan fingerprint density at radius 3 is 1.72 bits per heavy atom. The van der Waals surface area contributed by atoms with Crippen molar-refractivity contribution < 1.29 is 56.4 Å². The number of nitrogens with one attached hydrogen (secondary N) is 1. The second kappa shape index (κ2) is 35.7. The maximum Gasteiger partial charge on any atom is 0.392 e. The monoisotopic (exact) mass is 1460 g/mol. The number of benzene rings is 6. The number of fused-ring (bicyclic) bond motifs is 1. The van der Waals surface area contributed by atoms with E-state index in [-0.39, 0.29) is 115 Å². The Morgan fingerprint density at radius 2 is 1.14 bits per heavy atom. The van der Waals surface area contributed by atoms with Crippen LogP contribution >= 0.6 is 8.60 Å². The lowest BCUT2D eigenvalue weighted by Gasteiger charge is -2.35. The SMILES string of the molecule is CC[N+](CC)(CC)OP(OC[C@H]1O[C@@H](n2cnc3c(NC(=O)c4ccccc4CN=[N+]=[N-])ncnc32)C[C@@H]1OCc1ccc(C(=O)c2ccccc2CN=[N+]=[N-])cc1)O[C@H]1C[C@H](n2cc(C)c(=O)n(C(=O)c3ccccc3CN=[N+]=[N-])c2=O)O[C@@H]1COCc1ccc(C(=O)c2ccccc2C[N][N+]#N)cc1. The van der Waals surface area contributed by atoms with E-state index in [9.17, 15) is 28.8 Å². The Labute approximate surface area is 606 Å². The average Bonchev–Trinajstić information content (AvgIpc) is 1.11. The molecule has 1 unspecified atom stereocenters. The first-order chi connectivity index (χ1) is 51.6. The number of ketones is 2. The van der Waals surface area contributed by atoms with Crippen LogP contribution in [0.5, 0.6) is 0 Å². The number of hydrogen-bond donors (Lipinski definition) is 1. The minimum absolute atomic E-state index is 0.00561. The van der Waals surface area contributed by atoms with Gasteiger partial charge in [0.2, 0.25) is 0 Å². The molecule has 6 aromatic carbocycles. The van der Waals surface area contributed by atoms with Gasteiger partial charge in [-0.3, -0.25) is 33.1 Å². The first kappa shape index (κ1) is 75.4. The molecule has 0 bridgehead atoms. The van der Waals surface area contributed by atoms with E-state index in [1.165, 1.54) is 31.8 Å². The van der Waals surface area contributed by atoms with E-state index < -0.39 is 68.5 Å². The number of quaternary nitrogens is 1. The summed E-state index contributed by atoms with van der Waals surface area (Å²) >= 11 is 0. The summed E-state index contributed by atoms with van der Waals surface area (Å²) < 4.78 is 51.1. The number of rotatable bonds is 34. The van der Waals surface area contributed by atoms with Gasteiger partial charge >= 0.3 is 19.4 Å². The van der Waals surface area contributed by atoms with E-state index in [2.05, 4.69) is 60.9 Å². The molecule has 0 saturated carbocycles. The summed E-state index contributed by atoms with van der Waals surface area (Å²) in [5.74, 6) is -1.93. The quantitative estimate of drug-likeness (QED) is 0.00572. The molecule has 2 aliphatic heterocycles. The molecule has 11 rings (SSSR count). The van der Waals surface area contributed by atoms with Crippen LogP contribution in [0.25, 0.3) is 47.6 Å². The average molecular weight is 1460 g/mol. The Morgan fingerprint density at radius 1 is 0.632 bits per heavy atom. The number of carbonyl (C=O) groups is 4. The molecule has 1 radical (unpaired) electrons. The van der Waals surface area contributed by atoms with Crippen molar-refractivity contribution in [3.05, 3.63) is 294 Å². The highest BCUT2D eigenvalue weighted by molar-refractivity contribution is 7.41. The van der Waals surface area contributed by atoms with E-state index in [0.29, 0.717) is 79.9 Å². The van der Waals surface area contributed by atoms with Crippen LogP contribution in [0.1, 0.15) is 138 Å². The van der Waals surface area contributed by atoms with Crippen molar-refractivity contribution in [2.75, 3.05) is 38.2 Å². The third-order valence-corrected chi connectivity index (χ3v) is 19.6. The molecule has 9 aromatic rings. The van der Waals surface area contributed by atoms with Crippen LogP contribution in [-0.2, 0) is 72.0 Å². The second-order valence-electron chi connectivity index (χ2n) is 24.5. The number of hydroxylamine groups is 3. The van der Waals surface area contributed by atoms with Crippen LogP contribution in [0.4, 0.5) is 5.82 Å². The van der Waals surface area contributed by atoms with Gasteiger partial charge in [-0.2, -0.15) is 9.21 Å². The van der Waals surface area contributed by atoms with Gasteiger partial charge in [0.1, 0.15) is 56.1 Å². The van der Waals surface area contributed by atoms with Crippen molar-refractivity contribution in [2.45, 2.75) is 117 Å². The normalized spacial score (nSPS) is 17.1. The first-order valence-electron chi connectivity index (χ1n) is 33.8. The fourth-order valence-corrected chi connectivity index (χ4v) is 13.9. The number of aryl methyl sites for hydroxylation is 1. The molecule has 0 spiro atoms. The summed E-state index contributed by atoms with van der Waals surface area (Å²) in [6.07, 6.45) is -1.42. The zero-order chi connectivity index (χ0) is 74.7. The molecular weight excluding hydrogens is 1380 g/mol. The van der Waals surface area contributed by atoms with Crippen LogP contribution in [-0.4, -0.2) is 114 Å². The Hall–Kier alpha value is -11.7. The predicted molar refractivity (Wildman–Crippen MR) is 384 cm³/mol. The number of hydrogen-bond acceptors (Lipinski definition) is 20.